The fourth-order valence-electron chi connectivity index (χ4n) is 4.37. The Labute approximate surface area is 234 Å². The van der Waals surface area contributed by atoms with Crippen LogP contribution in [0.2, 0.25) is 0 Å². The molecule has 37 heavy (non-hydrogen) atoms. The Hall–Kier alpha value is -2.43. The van der Waals surface area contributed by atoms with Gasteiger partial charge in [-0.05, 0) is 62.4 Å². The largest absolute Gasteiger partial charge is 0.284 e. The van der Waals surface area contributed by atoms with Gasteiger partial charge in [0, 0.05) is 16.5 Å². The van der Waals surface area contributed by atoms with Crippen molar-refractivity contribution in [3.8, 4) is 0 Å². The van der Waals surface area contributed by atoms with Crippen LogP contribution in [-0.2, 0) is 16.5 Å². The standard InChI is InChI=1S/C32H34N2P2.Ni/c1-27(33-23-25-35(29-15-7-3-8-16-29)30-17-9-4-10-18-30)28(2)34-24-26-36(31-19-11-5-12-20-31)32-21-13-6-14-22-32;/h3-22H,23-26H2,1-2H3;/p+2. The van der Waals surface area contributed by atoms with Crippen LogP contribution < -0.4 is 21.2 Å². The van der Waals surface area contributed by atoms with E-state index >= 15 is 0 Å². The fraction of sp³-hybridized carbons (Fsp3) is 0.188. The molecule has 0 aliphatic heterocycles. The second-order valence-corrected chi connectivity index (χ2v) is 14.1. The smallest absolute Gasteiger partial charge is 0.0967 e. The predicted molar refractivity (Wildman–Crippen MR) is 167 cm³/mol. The van der Waals surface area contributed by atoms with Crippen LogP contribution in [0.4, 0.5) is 0 Å². The third-order valence-corrected chi connectivity index (χ3v) is 12.0. The SMILES string of the molecule is CC(=NCC[PH+](c1ccccc1)c1ccccc1)C(C)=NCC[PH+](c1ccccc1)c1ccccc1.[Ni]. The molecule has 192 valence electrons. The van der Waals surface area contributed by atoms with E-state index in [1.54, 1.807) is 0 Å². The zero-order chi connectivity index (χ0) is 25.0. The molecule has 0 saturated heterocycles. The number of benzene rings is 4. The second kappa shape index (κ2) is 15.7. The van der Waals surface area contributed by atoms with Crippen LogP contribution in [0.25, 0.3) is 0 Å². The molecule has 0 spiro atoms. The number of rotatable bonds is 11. The number of nitrogens with zero attached hydrogens (tertiary/aromatic N) is 2. The van der Waals surface area contributed by atoms with Crippen LogP contribution in [0.3, 0.4) is 0 Å². The average molecular weight is 569 g/mol. The van der Waals surface area contributed by atoms with E-state index in [9.17, 15) is 0 Å². The van der Waals surface area contributed by atoms with Crippen molar-refractivity contribution in [2.24, 2.45) is 9.98 Å². The van der Waals surface area contributed by atoms with E-state index in [1.807, 2.05) is 0 Å². The summed E-state index contributed by atoms with van der Waals surface area (Å²) in [6.07, 6.45) is 2.16. The quantitative estimate of drug-likeness (QED) is 0.127. The van der Waals surface area contributed by atoms with Crippen molar-refractivity contribution in [3.05, 3.63) is 121 Å². The van der Waals surface area contributed by atoms with Gasteiger partial charge < -0.3 is 0 Å². The molecule has 5 heteroatoms. The van der Waals surface area contributed by atoms with E-state index in [0.29, 0.717) is 0 Å². The van der Waals surface area contributed by atoms with Gasteiger partial charge in [-0.3, -0.25) is 9.98 Å². The maximum atomic E-state index is 4.95. The summed E-state index contributed by atoms with van der Waals surface area (Å²) in [6.45, 7) is 5.88. The molecule has 0 bridgehead atoms. The van der Waals surface area contributed by atoms with Gasteiger partial charge >= 0.3 is 0 Å². The Bertz CT molecular complexity index is 1070. The Morgan fingerprint density at radius 3 is 0.946 bits per heavy atom. The van der Waals surface area contributed by atoms with Crippen LogP contribution in [0.1, 0.15) is 13.8 Å². The van der Waals surface area contributed by atoms with Crippen LogP contribution in [-0.4, -0.2) is 36.8 Å². The first kappa shape index (κ1) is 29.1. The molecule has 0 unspecified atom stereocenters. The van der Waals surface area contributed by atoms with Crippen molar-refractivity contribution >= 4 is 48.5 Å². The summed E-state index contributed by atoms with van der Waals surface area (Å²) in [5.41, 5.74) is 2.12. The van der Waals surface area contributed by atoms with Gasteiger partial charge in [0.15, 0.2) is 0 Å². The van der Waals surface area contributed by atoms with Gasteiger partial charge in [0.2, 0.25) is 0 Å². The molecular weight excluding hydrogens is 533 g/mol. The summed E-state index contributed by atoms with van der Waals surface area (Å²) >= 11 is 0. The van der Waals surface area contributed by atoms with Crippen LogP contribution in [0.5, 0.6) is 0 Å². The third-order valence-electron chi connectivity index (χ3n) is 6.43. The van der Waals surface area contributed by atoms with E-state index in [1.165, 1.54) is 21.2 Å². The number of hydrogen-bond acceptors (Lipinski definition) is 2. The number of hydrogen-bond donors (Lipinski definition) is 0. The van der Waals surface area contributed by atoms with Gasteiger partial charge in [-0.1, -0.05) is 72.8 Å². The van der Waals surface area contributed by atoms with Crippen molar-refractivity contribution in [1.29, 1.82) is 0 Å². The summed E-state index contributed by atoms with van der Waals surface area (Å²) in [5.74, 6) is 0. The minimum atomic E-state index is -0.852. The Balaban J connectivity index is 0.00000380. The van der Waals surface area contributed by atoms with Gasteiger partial charge in [-0.2, -0.15) is 0 Å². The molecule has 0 aliphatic carbocycles. The summed E-state index contributed by atoms with van der Waals surface area (Å²) in [4.78, 5) is 9.90. The van der Waals surface area contributed by atoms with Gasteiger partial charge in [-0.25, -0.2) is 0 Å². The molecule has 0 heterocycles. The Morgan fingerprint density at radius 2 is 0.703 bits per heavy atom. The molecule has 0 atom stereocenters. The van der Waals surface area contributed by atoms with Crippen molar-refractivity contribution in [2.75, 3.05) is 25.4 Å². The van der Waals surface area contributed by atoms with Crippen molar-refractivity contribution in [2.45, 2.75) is 13.8 Å². The summed E-state index contributed by atoms with van der Waals surface area (Å²) in [5, 5.41) is 5.79. The van der Waals surface area contributed by atoms with Crippen LogP contribution in [0, 0.1) is 0 Å². The van der Waals surface area contributed by atoms with Gasteiger partial charge in [0.25, 0.3) is 0 Å². The molecule has 0 aliphatic rings. The minimum absolute atomic E-state index is 0. The predicted octanol–water partition coefficient (Wildman–Crippen LogP) is 5.64. The first-order valence-corrected chi connectivity index (χ1v) is 16.1. The molecule has 0 amide bonds. The Morgan fingerprint density at radius 1 is 0.459 bits per heavy atom. The van der Waals surface area contributed by atoms with Crippen molar-refractivity contribution in [3.63, 3.8) is 0 Å². The minimum Gasteiger partial charge on any atom is -0.284 e. The summed E-state index contributed by atoms with van der Waals surface area (Å²) in [6, 6.07) is 43.7. The van der Waals surface area contributed by atoms with Crippen LogP contribution in [0.15, 0.2) is 131 Å². The maximum Gasteiger partial charge on any atom is 0.0967 e. The second-order valence-electron chi connectivity index (χ2n) is 8.86. The number of aliphatic imine (C=N–C) groups is 2. The maximum absolute atomic E-state index is 4.95. The van der Waals surface area contributed by atoms with E-state index < -0.39 is 15.8 Å². The van der Waals surface area contributed by atoms with E-state index in [-0.39, 0.29) is 16.5 Å². The molecule has 0 fully saturated rings. The monoisotopic (exact) mass is 568 g/mol. The normalized spacial score (nSPS) is 12.0. The van der Waals surface area contributed by atoms with E-state index in [0.717, 1.165) is 36.8 Å². The van der Waals surface area contributed by atoms with Crippen molar-refractivity contribution in [1.82, 2.24) is 0 Å². The van der Waals surface area contributed by atoms with Crippen molar-refractivity contribution < 1.29 is 16.5 Å². The third kappa shape index (κ3) is 8.83. The molecule has 0 N–H and O–H groups in total. The molecule has 0 aromatic heterocycles. The molecule has 2 nitrogen and oxygen atoms in total. The first-order chi connectivity index (χ1) is 17.7. The molecule has 0 radical (unpaired) electrons. The molecular formula is C32H36N2NiP2+2. The molecule has 0 saturated carbocycles. The van der Waals surface area contributed by atoms with Crippen LogP contribution >= 0.6 is 15.8 Å². The average Bonchev–Trinajstić information content (AvgIpc) is 2.95. The zero-order valence-electron chi connectivity index (χ0n) is 21.6. The first-order valence-electron chi connectivity index (χ1n) is 12.7. The zero-order valence-corrected chi connectivity index (χ0v) is 24.6. The summed E-state index contributed by atoms with van der Waals surface area (Å²) < 4.78 is 0. The molecule has 4 rings (SSSR count). The molecule has 4 aromatic carbocycles. The Kier molecular flexibility index (Phi) is 12.4. The summed E-state index contributed by atoms with van der Waals surface area (Å²) in [7, 11) is -1.70. The fourth-order valence-corrected chi connectivity index (χ4v) is 9.24. The van der Waals surface area contributed by atoms with Gasteiger partial charge in [0.05, 0.1) is 73.9 Å². The molecule has 4 aromatic rings. The van der Waals surface area contributed by atoms with E-state index in [2.05, 4.69) is 135 Å². The van der Waals surface area contributed by atoms with Gasteiger partial charge in [0.1, 0.15) is 0 Å². The topological polar surface area (TPSA) is 24.7 Å². The van der Waals surface area contributed by atoms with Gasteiger partial charge in [-0.15, -0.1) is 0 Å². The van der Waals surface area contributed by atoms with E-state index in [4.69, 9.17) is 9.98 Å².